The van der Waals surface area contributed by atoms with Gasteiger partial charge in [-0.3, -0.25) is 9.69 Å². The Hall–Kier alpha value is -2.86. The molecule has 1 N–H and O–H groups in total. The van der Waals surface area contributed by atoms with Gasteiger partial charge in [0.2, 0.25) is 5.91 Å². The standard InChI is InChI=1S/C21H23N3O3/c1-23(2)13-14-4-3-5-15(10-14)18-12-20(25)22-19-11-16(6-7-17(18)19)24-8-9-27-21(24)26/h3-7,10-11,18H,8-9,12-13H2,1-2H3,(H,22,25)/t18-/m1/s1. The van der Waals surface area contributed by atoms with Gasteiger partial charge in [0.15, 0.2) is 0 Å². The summed E-state index contributed by atoms with van der Waals surface area (Å²) in [6.07, 6.45) is 0.0776. The molecule has 6 heteroatoms. The van der Waals surface area contributed by atoms with Gasteiger partial charge in [0.1, 0.15) is 6.61 Å². The second-order valence-corrected chi connectivity index (χ2v) is 7.33. The molecule has 0 bridgehead atoms. The van der Waals surface area contributed by atoms with Gasteiger partial charge in [0.05, 0.1) is 6.54 Å². The van der Waals surface area contributed by atoms with Gasteiger partial charge in [-0.2, -0.15) is 0 Å². The molecule has 0 spiro atoms. The zero-order chi connectivity index (χ0) is 19.0. The smallest absolute Gasteiger partial charge is 0.414 e. The van der Waals surface area contributed by atoms with Gasteiger partial charge < -0.3 is 15.0 Å². The Bertz CT molecular complexity index is 894. The SMILES string of the molecule is CN(C)Cc1cccc([C@H]2CC(=O)Nc3cc(N4CCOC4=O)ccc32)c1. The van der Waals surface area contributed by atoms with Crippen molar-refractivity contribution in [1.29, 1.82) is 0 Å². The number of nitrogens with zero attached hydrogens (tertiary/aromatic N) is 2. The van der Waals surface area contributed by atoms with Gasteiger partial charge in [-0.25, -0.2) is 4.79 Å². The predicted molar refractivity (Wildman–Crippen MR) is 104 cm³/mol. The number of hydrogen-bond acceptors (Lipinski definition) is 4. The predicted octanol–water partition coefficient (Wildman–Crippen LogP) is 3.18. The highest BCUT2D eigenvalue weighted by atomic mass is 16.6. The second kappa shape index (κ2) is 7.04. The first-order valence-electron chi connectivity index (χ1n) is 9.13. The number of carbonyl (C=O) groups is 2. The first kappa shape index (κ1) is 17.5. The van der Waals surface area contributed by atoms with E-state index in [9.17, 15) is 9.59 Å². The number of anilines is 2. The third kappa shape index (κ3) is 3.53. The molecule has 6 nitrogen and oxygen atoms in total. The number of cyclic esters (lactones) is 1. The van der Waals surface area contributed by atoms with Gasteiger partial charge in [-0.15, -0.1) is 0 Å². The van der Waals surface area contributed by atoms with Crippen LogP contribution in [0.15, 0.2) is 42.5 Å². The Kier molecular flexibility index (Phi) is 4.58. The lowest BCUT2D eigenvalue weighted by atomic mass is 9.84. The van der Waals surface area contributed by atoms with Gasteiger partial charge in [0, 0.05) is 30.3 Å². The van der Waals surface area contributed by atoms with Crippen molar-refractivity contribution in [2.45, 2.75) is 18.9 Å². The fourth-order valence-corrected chi connectivity index (χ4v) is 3.82. The third-order valence-electron chi connectivity index (χ3n) is 5.00. The normalized spacial score (nSPS) is 19.1. The summed E-state index contributed by atoms with van der Waals surface area (Å²) in [5, 5.41) is 2.96. The number of benzene rings is 2. The molecule has 2 aliphatic heterocycles. The largest absolute Gasteiger partial charge is 0.447 e. The summed E-state index contributed by atoms with van der Waals surface area (Å²) in [5.41, 5.74) is 4.96. The molecule has 1 fully saturated rings. The first-order valence-corrected chi connectivity index (χ1v) is 9.13. The minimum Gasteiger partial charge on any atom is -0.447 e. The molecule has 27 heavy (non-hydrogen) atoms. The van der Waals surface area contributed by atoms with E-state index in [1.165, 1.54) is 5.56 Å². The van der Waals surface area contributed by atoms with Crippen molar-refractivity contribution >= 4 is 23.4 Å². The lowest BCUT2D eigenvalue weighted by molar-refractivity contribution is -0.116. The quantitative estimate of drug-likeness (QED) is 0.904. The maximum atomic E-state index is 12.3. The van der Waals surface area contributed by atoms with E-state index in [1.54, 1.807) is 4.90 Å². The van der Waals surface area contributed by atoms with Crippen LogP contribution < -0.4 is 10.2 Å². The zero-order valence-corrected chi connectivity index (χ0v) is 15.6. The van der Waals surface area contributed by atoms with Gasteiger partial charge in [-0.1, -0.05) is 30.3 Å². The summed E-state index contributed by atoms with van der Waals surface area (Å²) in [6.45, 7) is 1.78. The van der Waals surface area contributed by atoms with Crippen molar-refractivity contribution in [3.63, 3.8) is 0 Å². The third-order valence-corrected chi connectivity index (χ3v) is 5.00. The van der Waals surface area contributed by atoms with E-state index in [0.29, 0.717) is 19.6 Å². The molecule has 1 atom stereocenters. The average molecular weight is 365 g/mol. The Balaban J connectivity index is 1.69. The molecule has 2 aromatic rings. The summed E-state index contributed by atoms with van der Waals surface area (Å²) < 4.78 is 5.02. The summed E-state index contributed by atoms with van der Waals surface area (Å²) in [7, 11) is 4.09. The van der Waals surface area contributed by atoms with Crippen LogP contribution in [0.1, 0.15) is 29.0 Å². The molecule has 0 saturated carbocycles. The molecule has 4 rings (SSSR count). The molecule has 0 aromatic heterocycles. The molecule has 2 aliphatic rings. The Labute approximate surface area is 158 Å². The maximum Gasteiger partial charge on any atom is 0.414 e. The second-order valence-electron chi connectivity index (χ2n) is 7.33. The van der Waals surface area contributed by atoms with Crippen LogP contribution in [0.3, 0.4) is 0 Å². The van der Waals surface area contributed by atoms with Gasteiger partial charge >= 0.3 is 6.09 Å². The van der Waals surface area contributed by atoms with Gasteiger partial charge in [-0.05, 0) is 42.9 Å². The number of nitrogens with one attached hydrogen (secondary N) is 1. The van der Waals surface area contributed by atoms with Gasteiger partial charge in [0.25, 0.3) is 0 Å². The summed E-state index contributed by atoms with van der Waals surface area (Å²) >= 11 is 0. The molecule has 2 aromatic carbocycles. The number of carbonyl (C=O) groups excluding carboxylic acids is 2. The van der Waals surface area contributed by atoms with Crippen molar-refractivity contribution in [2.75, 3.05) is 37.5 Å². The Morgan fingerprint density at radius 2 is 2.04 bits per heavy atom. The van der Waals surface area contributed by atoms with Crippen molar-refractivity contribution in [1.82, 2.24) is 4.90 Å². The van der Waals surface area contributed by atoms with Crippen LogP contribution in [0.2, 0.25) is 0 Å². The number of ether oxygens (including phenoxy) is 1. The van der Waals surface area contributed by atoms with E-state index in [0.717, 1.165) is 29.0 Å². The molecule has 0 aliphatic carbocycles. The highest BCUT2D eigenvalue weighted by Crippen LogP contribution is 2.39. The van der Waals surface area contributed by atoms with Crippen molar-refractivity contribution in [3.05, 3.63) is 59.2 Å². The van der Waals surface area contributed by atoms with E-state index in [4.69, 9.17) is 4.74 Å². The maximum absolute atomic E-state index is 12.3. The van der Waals surface area contributed by atoms with Crippen LogP contribution in [-0.4, -0.2) is 44.1 Å². The highest BCUT2D eigenvalue weighted by Gasteiger charge is 2.29. The zero-order valence-electron chi connectivity index (χ0n) is 15.6. The van der Waals surface area contributed by atoms with Crippen LogP contribution in [-0.2, 0) is 16.1 Å². The lowest BCUT2D eigenvalue weighted by Gasteiger charge is -2.28. The topological polar surface area (TPSA) is 61.9 Å². The van der Waals surface area contributed by atoms with Crippen LogP contribution in [0.4, 0.5) is 16.2 Å². The average Bonchev–Trinajstić information content (AvgIpc) is 3.06. The summed E-state index contributed by atoms with van der Waals surface area (Å²) in [6, 6.07) is 14.2. The van der Waals surface area contributed by atoms with E-state index >= 15 is 0 Å². The van der Waals surface area contributed by atoms with Crippen LogP contribution >= 0.6 is 0 Å². The lowest BCUT2D eigenvalue weighted by Crippen LogP contribution is -2.26. The van der Waals surface area contributed by atoms with Crippen LogP contribution in [0.5, 0.6) is 0 Å². The summed E-state index contributed by atoms with van der Waals surface area (Å²) in [4.78, 5) is 27.9. The molecule has 2 amide bonds. The highest BCUT2D eigenvalue weighted by molar-refractivity contribution is 5.97. The van der Waals surface area contributed by atoms with E-state index in [2.05, 4.69) is 34.5 Å². The summed E-state index contributed by atoms with van der Waals surface area (Å²) in [5.74, 6) is 0.00195. The molecular weight excluding hydrogens is 342 g/mol. The fourth-order valence-electron chi connectivity index (χ4n) is 3.82. The van der Waals surface area contributed by atoms with Crippen LogP contribution in [0, 0.1) is 0 Å². The molecule has 0 unspecified atom stereocenters. The molecule has 1 saturated heterocycles. The molecule has 140 valence electrons. The van der Waals surface area contributed by atoms with E-state index < -0.39 is 0 Å². The van der Waals surface area contributed by atoms with Crippen molar-refractivity contribution in [2.24, 2.45) is 0 Å². The number of rotatable bonds is 4. The molecule has 0 radical (unpaired) electrons. The van der Waals surface area contributed by atoms with E-state index in [-0.39, 0.29) is 17.9 Å². The number of amides is 2. The van der Waals surface area contributed by atoms with Crippen molar-refractivity contribution in [3.8, 4) is 0 Å². The molecule has 2 heterocycles. The molecular formula is C21H23N3O3. The van der Waals surface area contributed by atoms with Crippen LogP contribution in [0.25, 0.3) is 0 Å². The minimum atomic E-state index is -0.343. The Morgan fingerprint density at radius 1 is 1.19 bits per heavy atom. The van der Waals surface area contributed by atoms with E-state index in [1.807, 2.05) is 32.3 Å². The monoisotopic (exact) mass is 365 g/mol. The first-order chi connectivity index (χ1) is 13.0. The Morgan fingerprint density at radius 3 is 2.78 bits per heavy atom. The minimum absolute atomic E-state index is 0.00772. The number of hydrogen-bond donors (Lipinski definition) is 1. The number of fused-ring (bicyclic) bond motifs is 1. The van der Waals surface area contributed by atoms with Crippen molar-refractivity contribution < 1.29 is 14.3 Å². The fraction of sp³-hybridized carbons (Fsp3) is 0.333.